The number of benzene rings is 2. The highest BCUT2D eigenvalue weighted by Crippen LogP contribution is 2.18. The second-order valence-corrected chi connectivity index (χ2v) is 3.59. The highest BCUT2D eigenvalue weighted by atomic mass is 16.5. The number of rotatable bonds is 2. The van der Waals surface area contributed by atoms with E-state index in [0.29, 0.717) is 5.56 Å². The Balaban J connectivity index is 2.54. The van der Waals surface area contributed by atoms with Crippen LogP contribution in [0.3, 0.4) is 0 Å². The first-order chi connectivity index (χ1) is 8.11. The van der Waals surface area contributed by atoms with Gasteiger partial charge in [0.1, 0.15) is 5.56 Å². The van der Waals surface area contributed by atoms with Crippen LogP contribution in [0.2, 0.25) is 0 Å². The van der Waals surface area contributed by atoms with Gasteiger partial charge in [-0.2, -0.15) is 0 Å². The van der Waals surface area contributed by atoms with Crippen molar-refractivity contribution in [3.8, 4) is 0 Å². The lowest BCUT2D eigenvalue weighted by Gasteiger charge is -2.00. The molecule has 0 heterocycles. The molecular weight excluding hydrogens is 220 g/mol. The van der Waals surface area contributed by atoms with E-state index in [1.165, 1.54) is 13.2 Å². The Morgan fingerprint density at radius 1 is 1.12 bits per heavy atom. The topological polar surface area (TPSA) is 67.9 Å². The van der Waals surface area contributed by atoms with Gasteiger partial charge in [0.05, 0.1) is 5.56 Å². The molecule has 4 heteroatoms. The highest BCUT2D eigenvalue weighted by molar-refractivity contribution is 5.98. The fourth-order valence-corrected chi connectivity index (χ4v) is 1.63. The average molecular weight is 231 g/mol. The summed E-state index contributed by atoms with van der Waals surface area (Å²) in [6, 6.07) is 9.97. The molecule has 86 valence electrons. The number of carboxylic acids is 1. The smallest absolute Gasteiger partial charge is 0.478 e. The minimum Gasteiger partial charge on any atom is -0.478 e. The third-order valence-electron chi connectivity index (χ3n) is 2.53. The van der Waals surface area contributed by atoms with Crippen LogP contribution in [0.1, 0.15) is 15.9 Å². The van der Waals surface area contributed by atoms with E-state index >= 15 is 0 Å². The van der Waals surface area contributed by atoms with Gasteiger partial charge in [-0.05, 0) is 35.0 Å². The van der Waals surface area contributed by atoms with E-state index in [4.69, 9.17) is 9.84 Å². The third-order valence-corrected chi connectivity index (χ3v) is 2.53. The molecule has 0 atom stereocenters. The normalized spacial score (nSPS) is 10.2. The van der Waals surface area contributed by atoms with Crippen LogP contribution in [0.5, 0.6) is 0 Å². The van der Waals surface area contributed by atoms with Crippen molar-refractivity contribution < 1.29 is 19.4 Å². The van der Waals surface area contributed by atoms with Gasteiger partial charge in [0.2, 0.25) is 0 Å². The number of carboxylic acid groups (broad SMARTS) is 1. The van der Waals surface area contributed by atoms with Crippen LogP contribution in [-0.4, -0.2) is 28.9 Å². The molecule has 17 heavy (non-hydrogen) atoms. The Morgan fingerprint density at radius 2 is 1.65 bits per heavy atom. The number of methoxy groups -OCH3 is 1. The van der Waals surface area contributed by atoms with Crippen LogP contribution >= 0.6 is 0 Å². The Kier molecular flexibility index (Phi) is 2.78. The maximum absolute atomic E-state index is 10.8. The van der Waals surface area contributed by atoms with Crippen molar-refractivity contribution in [1.29, 1.82) is 0 Å². The van der Waals surface area contributed by atoms with Gasteiger partial charge in [0.15, 0.2) is 7.11 Å². The lowest BCUT2D eigenvalue weighted by molar-refractivity contribution is 0.0697. The van der Waals surface area contributed by atoms with Crippen molar-refractivity contribution in [1.82, 2.24) is 0 Å². The summed E-state index contributed by atoms with van der Waals surface area (Å²) in [4.78, 5) is 20.2. The zero-order chi connectivity index (χ0) is 12.4. The molecule has 0 aliphatic heterocycles. The van der Waals surface area contributed by atoms with Crippen molar-refractivity contribution in [3.63, 3.8) is 0 Å². The molecule has 0 bridgehead atoms. The van der Waals surface area contributed by atoms with Crippen LogP contribution in [0.15, 0.2) is 36.4 Å². The number of aromatic carboxylic acids is 1. The van der Waals surface area contributed by atoms with E-state index in [2.05, 4.69) is 0 Å². The molecule has 2 aromatic carbocycles. The zero-order valence-corrected chi connectivity index (χ0v) is 9.18. The fraction of sp³-hybridized carbons (Fsp3) is 0.0769. The fourth-order valence-electron chi connectivity index (χ4n) is 1.63. The first kappa shape index (κ1) is 11.1. The van der Waals surface area contributed by atoms with Gasteiger partial charge in [0.25, 0.3) is 0 Å². The molecule has 0 saturated heterocycles. The summed E-state index contributed by atoms with van der Waals surface area (Å²) in [5.41, 5.74) is 0.799. The Morgan fingerprint density at radius 3 is 2.18 bits per heavy atom. The predicted molar refractivity (Wildman–Crippen MR) is 64.0 cm³/mol. The van der Waals surface area contributed by atoms with Gasteiger partial charge in [-0.3, -0.25) is 0 Å². The number of hydrogen-bond donors (Lipinski definition) is 1. The number of hydrogen-bond acceptors (Lipinski definition) is 2. The predicted octanol–water partition coefficient (Wildman–Crippen LogP) is 2.03. The van der Waals surface area contributed by atoms with Gasteiger partial charge >= 0.3 is 11.9 Å². The molecule has 2 N–H and O–H groups in total. The van der Waals surface area contributed by atoms with Crippen molar-refractivity contribution in [2.24, 2.45) is 0 Å². The van der Waals surface area contributed by atoms with Crippen LogP contribution in [0.4, 0.5) is 0 Å². The van der Waals surface area contributed by atoms with Gasteiger partial charge in [-0.1, -0.05) is 12.1 Å². The molecule has 0 aliphatic carbocycles. The summed E-state index contributed by atoms with van der Waals surface area (Å²) in [6.07, 6.45) is 0. The Labute approximate surface area is 97.4 Å². The van der Waals surface area contributed by atoms with Crippen molar-refractivity contribution in [2.45, 2.75) is 0 Å². The second kappa shape index (κ2) is 4.25. The largest absolute Gasteiger partial charge is 0.517 e. The molecule has 0 saturated carbocycles. The molecule has 0 spiro atoms. The molecule has 0 radical (unpaired) electrons. The van der Waals surface area contributed by atoms with Crippen LogP contribution in [0, 0.1) is 0 Å². The maximum Gasteiger partial charge on any atom is 0.517 e. The Hall–Kier alpha value is -2.36. The molecule has 4 nitrogen and oxygen atoms in total. The number of esters is 1. The quantitative estimate of drug-likeness (QED) is 0.635. The van der Waals surface area contributed by atoms with Crippen LogP contribution in [-0.2, 0) is 4.74 Å². The standard InChI is InChI=1S/C13H10O4/c1-17-13(16)11-5-3-8-6-10(12(14)15)4-2-9(8)7-11/h2-7H,1H3,(H,14,15)/p+1. The van der Waals surface area contributed by atoms with Crippen LogP contribution < -0.4 is 0 Å². The van der Waals surface area contributed by atoms with Crippen molar-refractivity contribution in [3.05, 3.63) is 47.5 Å². The summed E-state index contributed by atoms with van der Waals surface area (Å²) in [7, 11) is 1.38. The summed E-state index contributed by atoms with van der Waals surface area (Å²) in [5, 5.41) is 10.5. The SMILES string of the molecule is COC(=[OH+])c1ccc2cc(C(=O)O)ccc2c1. The van der Waals surface area contributed by atoms with E-state index in [1.54, 1.807) is 30.3 Å². The molecule has 0 amide bonds. The molecule has 2 aromatic rings. The first-order valence-electron chi connectivity index (χ1n) is 4.99. The molecule has 0 fully saturated rings. The van der Waals surface area contributed by atoms with Crippen molar-refractivity contribution >= 4 is 22.7 Å². The number of carbonyl (C=O) groups excluding carboxylic acids is 1. The maximum atomic E-state index is 10.8. The molecule has 0 aliphatic rings. The summed E-state index contributed by atoms with van der Waals surface area (Å²) in [6.45, 7) is 0. The molecule has 0 unspecified atom stereocenters. The van der Waals surface area contributed by atoms with Crippen molar-refractivity contribution in [2.75, 3.05) is 7.11 Å². The Bertz CT molecular complexity index is 601. The third kappa shape index (κ3) is 2.10. The molecule has 2 rings (SSSR count). The van der Waals surface area contributed by atoms with Gasteiger partial charge < -0.3 is 14.6 Å². The van der Waals surface area contributed by atoms with E-state index in [0.717, 1.165) is 10.8 Å². The zero-order valence-electron chi connectivity index (χ0n) is 9.18. The van der Waals surface area contributed by atoms with Gasteiger partial charge in [-0.25, -0.2) is 4.79 Å². The highest BCUT2D eigenvalue weighted by Gasteiger charge is 2.13. The second-order valence-electron chi connectivity index (χ2n) is 3.59. The minimum atomic E-state index is -0.956. The number of fused-ring (bicyclic) bond motifs is 1. The van der Waals surface area contributed by atoms with Gasteiger partial charge in [0, 0.05) is 0 Å². The summed E-state index contributed by atoms with van der Waals surface area (Å²) >= 11 is 0. The summed E-state index contributed by atoms with van der Waals surface area (Å²) in [5.74, 6) is -1.11. The monoisotopic (exact) mass is 231 g/mol. The first-order valence-corrected chi connectivity index (χ1v) is 4.99. The average Bonchev–Trinajstić information content (AvgIpc) is 2.36. The van der Waals surface area contributed by atoms with Crippen LogP contribution in [0.25, 0.3) is 10.8 Å². The lowest BCUT2D eigenvalue weighted by Crippen LogP contribution is -2.02. The minimum absolute atomic E-state index is 0.158. The van der Waals surface area contributed by atoms with E-state index in [9.17, 15) is 9.59 Å². The molecular formula is C13H11O4+. The molecule has 0 aromatic heterocycles. The lowest BCUT2D eigenvalue weighted by atomic mass is 10.0. The number of ether oxygens (including phenoxy) is 1. The van der Waals surface area contributed by atoms with E-state index in [1.807, 2.05) is 0 Å². The van der Waals surface area contributed by atoms with Gasteiger partial charge in [-0.15, -0.1) is 0 Å². The van der Waals surface area contributed by atoms with E-state index < -0.39 is 5.97 Å². The summed E-state index contributed by atoms with van der Waals surface area (Å²) < 4.78 is 4.73. The van der Waals surface area contributed by atoms with E-state index in [-0.39, 0.29) is 11.5 Å². The number of carbonyl (C=O) groups is 1.